The lowest BCUT2D eigenvalue weighted by Crippen LogP contribution is -2.38. The molecule has 2 aliphatic rings. The number of benzene rings is 1. The summed E-state index contributed by atoms with van der Waals surface area (Å²) in [5, 5.41) is 0. The standard InChI is InChI=1S/C28H32F2N6O2/c1-16(2)36-8-9-38-27-22(29)10-18(11-24(27)36)26-23(30)15-33-25(34-26)13-19-12-20(28(31)37)21(14-32-19)17-4-6-35(3)7-5-17/h10-12,14-17H,4-9,13H2,1-3H3,(H2,31,37). The molecule has 0 atom stereocenters. The highest BCUT2D eigenvalue weighted by molar-refractivity contribution is 5.94. The number of ether oxygens (including phenoxy) is 1. The molecule has 4 heterocycles. The maximum Gasteiger partial charge on any atom is 0.249 e. The average molecular weight is 523 g/mol. The maximum absolute atomic E-state index is 15.0. The van der Waals surface area contributed by atoms with Crippen molar-refractivity contribution in [1.29, 1.82) is 0 Å². The van der Waals surface area contributed by atoms with Gasteiger partial charge in [0.25, 0.3) is 0 Å². The number of pyridine rings is 1. The number of rotatable bonds is 6. The van der Waals surface area contributed by atoms with E-state index in [1.807, 2.05) is 18.7 Å². The lowest BCUT2D eigenvalue weighted by Gasteiger charge is -2.34. The third-order valence-corrected chi connectivity index (χ3v) is 7.36. The van der Waals surface area contributed by atoms with E-state index in [4.69, 9.17) is 10.5 Å². The summed E-state index contributed by atoms with van der Waals surface area (Å²) in [7, 11) is 2.08. The van der Waals surface area contributed by atoms with Crippen LogP contribution in [0, 0.1) is 11.6 Å². The third kappa shape index (κ3) is 5.18. The third-order valence-electron chi connectivity index (χ3n) is 7.36. The Morgan fingerprint density at radius 3 is 2.58 bits per heavy atom. The van der Waals surface area contributed by atoms with E-state index in [1.165, 1.54) is 6.07 Å². The van der Waals surface area contributed by atoms with Crippen molar-refractivity contribution in [2.75, 3.05) is 38.2 Å². The van der Waals surface area contributed by atoms with Gasteiger partial charge in [-0.05, 0) is 76.5 Å². The van der Waals surface area contributed by atoms with Crippen molar-refractivity contribution >= 4 is 11.6 Å². The van der Waals surface area contributed by atoms with Crippen LogP contribution in [0.25, 0.3) is 11.3 Å². The summed E-state index contributed by atoms with van der Waals surface area (Å²) in [6.07, 6.45) is 4.82. The molecule has 2 N–H and O–H groups in total. The monoisotopic (exact) mass is 522 g/mol. The lowest BCUT2D eigenvalue weighted by atomic mass is 9.87. The Bertz CT molecular complexity index is 1360. The number of nitrogens with two attached hydrogens (primary N) is 1. The summed E-state index contributed by atoms with van der Waals surface area (Å²) in [6.45, 7) is 6.89. The van der Waals surface area contributed by atoms with Gasteiger partial charge >= 0.3 is 0 Å². The molecule has 1 aromatic carbocycles. The van der Waals surface area contributed by atoms with Gasteiger partial charge < -0.3 is 20.3 Å². The molecule has 10 heteroatoms. The average Bonchev–Trinajstić information content (AvgIpc) is 2.90. The highest BCUT2D eigenvalue weighted by Crippen LogP contribution is 2.39. The molecular formula is C28H32F2N6O2. The van der Waals surface area contributed by atoms with E-state index in [1.54, 1.807) is 18.3 Å². The fraction of sp³-hybridized carbons (Fsp3) is 0.429. The minimum Gasteiger partial charge on any atom is -0.486 e. The molecule has 200 valence electrons. The molecule has 0 spiro atoms. The number of halogens is 2. The Labute approximate surface area is 220 Å². The number of carbonyl (C=O) groups is 1. The number of aromatic nitrogens is 3. The number of amides is 1. The van der Waals surface area contributed by atoms with Crippen molar-refractivity contribution in [3.05, 3.63) is 64.9 Å². The summed E-state index contributed by atoms with van der Waals surface area (Å²) in [5.41, 5.74) is 8.42. The SMILES string of the molecule is CC(C)N1CCOc2c(F)cc(-c3nc(Cc4cc(C(N)=O)c(C5CCN(C)CC5)cn4)ncc3F)cc21. The topological polar surface area (TPSA) is 97.5 Å². The van der Waals surface area contributed by atoms with Crippen LogP contribution < -0.4 is 15.4 Å². The van der Waals surface area contributed by atoms with Crippen LogP contribution in [0.3, 0.4) is 0 Å². The van der Waals surface area contributed by atoms with Gasteiger partial charge in [0.05, 0.1) is 24.8 Å². The number of primary amides is 1. The number of hydrogen-bond acceptors (Lipinski definition) is 7. The van der Waals surface area contributed by atoms with Crippen LogP contribution >= 0.6 is 0 Å². The van der Waals surface area contributed by atoms with Gasteiger partial charge in [-0.15, -0.1) is 0 Å². The summed E-state index contributed by atoms with van der Waals surface area (Å²) in [5.74, 6) is -1.06. The molecule has 0 saturated carbocycles. The number of likely N-dealkylation sites (tertiary alicyclic amines) is 1. The molecule has 0 aliphatic carbocycles. The van der Waals surface area contributed by atoms with Crippen molar-refractivity contribution in [2.24, 2.45) is 5.73 Å². The Morgan fingerprint density at radius 2 is 1.87 bits per heavy atom. The first-order valence-corrected chi connectivity index (χ1v) is 12.9. The minimum absolute atomic E-state index is 0.0101. The highest BCUT2D eigenvalue weighted by Gasteiger charge is 2.26. The number of nitrogens with zero attached hydrogens (tertiary/aromatic N) is 5. The molecular weight excluding hydrogens is 490 g/mol. The van der Waals surface area contributed by atoms with Crippen molar-refractivity contribution in [1.82, 2.24) is 19.9 Å². The number of fused-ring (bicyclic) bond motifs is 1. The first kappa shape index (κ1) is 26.0. The second-order valence-electron chi connectivity index (χ2n) is 10.3. The highest BCUT2D eigenvalue weighted by atomic mass is 19.1. The largest absolute Gasteiger partial charge is 0.486 e. The van der Waals surface area contributed by atoms with Gasteiger partial charge in [0.2, 0.25) is 5.91 Å². The summed E-state index contributed by atoms with van der Waals surface area (Å²) >= 11 is 0. The number of anilines is 1. The van der Waals surface area contributed by atoms with Gasteiger partial charge in [0, 0.05) is 29.1 Å². The molecule has 0 bridgehead atoms. The smallest absolute Gasteiger partial charge is 0.249 e. The van der Waals surface area contributed by atoms with E-state index in [0.717, 1.165) is 37.7 Å². The van der Waals surface area contributed by atoms with Crippen LogP contribution in [-0.2, 0) is 6.42 Å². The van der Waals surface area contributed by atoms with Gasteiger partial charge in [-0.2, -0.15) is 0 Å². The van der Waals surface area contributed by atoms with Crippen LogP contribution in [0.1, 0.15) is 60.0 Å². The first-order chi connectivity index (χ1) is 18.2. The predicted octanol–water partition coefficient (Wildman–Crippen LogP) is 3.92. The van der Waals surface area contributed by atoms with Gasteiger partial charge in [0.15, 0.2) is 17.4 Å². The fourth-order valence-corrected chi connectivity index (χ4v) is 5.29. The van der Waals surface area contributed by atoms with E-state index in [9.17, 15) is 13.6 Å². The molecule has 0 radical (unpaired) electrons. The van der Waals surface area contributed by atoms with Crippen LogP contribution in [-0.4, -0.2) is 65.1 Å². The Morgan fingerprint density at radius 1 is 1.11 bits per heavy atom. The molecule has 2 aliphatic heterocycles. The van der Waals surface area contributed by atoms with E-state index in [0.29, 0.717) is 41.5 Å². The second kappa shape index (κ2) is 10.6. The molecule has 2 aromatic heterocycles. The van der Waals surface area contributed by atoms with E-state index in [-0.39, 0.29) is 29.8 Å². The quantitative estimate of drug-likeness (QED) is 0.524. The van der Waals surface area contributed by atoms with E-state index < -0.39 is 17.5 Å². The molecule has 3 aromatic rings. The van der Waals surface area contributed by atoms with Gasteiger partial charge in [-0.1, -0.05) is 0 Å². The zero-order chi connectivity index (χ0) is 27.0. The first-order valence-electron chi connectivity index (χ1n) is 12.9. The zero-order valence-corrected chi connectivity index (χ0v) is 21.9. The van der Waals surface area contributed by atoms with Crippen LogP contribution in [0.4, 0.5) is 14.5 Å². The number of hydrogen-bond donors (Lipinski definition) is 1. The summed E-state index contributed by atoms with van der Waals surface area (Å²) < 4.78 is 35.4. The predicted molar refractivity (Wildman–Crippen MR) is 140 cm³/mol. The van der Waals surface area contributed by atoms with Crippen LogP contribution in [0.15, 0.2) is 30.6 Å². The van der Waals surface area contributed by atoms with Crippen molar-refractivity contribution in [2.45, 2.75) is 45.1 Å². The van der Waals surface area contributed by atoms with E-state index >= 15 is 0 Å². The fourth-order valence-electron chi connectivity index (χ4n) is 5.29. The Hall–Kier alpha value is -3.66. The number of carbonyl (C=O) groups excluding carboxylic acids is 1. The van der Waals surface area contributed by atoms with E-state index in [2.05, 4.69) is 26.9 Å². The molecule has 5 rings (SSSR count). The molecule has 1 fully saturated rings. The molecule has 38 heavy (non-hydrogen) atoms. The summed E-state index contributed by atoms with van der Waals surface area (Å²) in [6, 6.07) is 4.73. The Kier molecular flexibility index (Phi) is 7.25. The van der Waals surface area contributed by atoms with Crippen LogP contribution in [0.2, 0.25) is 0 Å². The molecule has 0 unspecified atom stereocenters. The normalized spacial score (nSPS) is 16.4. The maximum atomic E-state index is 15.0. The van der Waals surface area contributed by atoms with Crippen molar-refractivity contribution < 1.29 is 18.3 Å². The molecule has 1 saturated heterocycles. The minimum atomic E-state index is -0.663. The zero-order valence-electron chi connectivity index (χ0n) is 21.9. The van der Waals surface area contributed by atoms with Gasteiger partial charge in [0.1, 0.15) is 18.1 Å². The van der Waals surface area contributed by atoms with Gasteiger partial charge in [-0.25, -0.2) is 18.7 Å². The molecule has 1 amide bonds. The van der Waals surface area contributed by atoms with Crippen molar-refractivity contribution in [3.8, 4) is 17.0 Å². The van der Waals surface area contributed by atoms with Crippen LogP contribution in [0.5, 0.6) is 5.75 Å². The summed E-state index contributed by atoms with van der Waals surface area (Å²) in [4.78, 5) is 29.7. The second-order valence-corrected chi connectivity index (χ2v) is 10.3. The van der Waals surface area contributed by atoms with Crippen molar-refractivity contribution in [3.63, 3.8) is 0 Å². The molecule has 8 nitrogen and oxygen atoms in total. The number of piperidine rings is 1. The Balaban J connectivity index is 1.45. The van der Waals surface area contributed by atoms with Gasteiger partial charge in [-0.3, -0.25) is 9.78 Å². The lowest BCUT2D eigenvalue weighted by molar-refractivity contribution is 0.0998.